The summed E-state index contributed by atoms with van der Waals surface area (Å²) in [5.41, 5.74) is 3.17. The van der Waals surface area contributed by atoms with Gasteiger partial charge in [-0.3, -0.25) is 9.69 Å². The van der Waals surface area contributed by atoms with Crippen LogP contribution in [0, 0.1) is 24.5 Å². The normalized spacial score (nSPS) is 22.8. The van der Waals surface area contributed by atoms with E-state index in [1.165, 1.54) is 12.1 Å². The first-order chi connectivity index (χ1) is 16.9. The number of aliphatic hydroxyl groups is 1. The van der Waals surface area contributed by atoms with E-state index in [0.29, 0.717) is 36.8 Å². The molecule has 0 spiro atoms. The molecule has 3 atom stereocenters. The lowest BCUT2D eigenvalue weighted by atomic mass is 9.83. The number of carbonyl (C=O) groups is 1. The highest BCUT2D eigenvalue weighted by molar-refractivity contribution is 6.31. The van der Waals surface area contributed by atoms with Crippen molar-refractivity contribution in [3.63, 3.8) is 0 Å². The topological polar surface area (TPSA) is 43.8 Å². The van der Waals surface area contributed by atoms with Gasteiger partial charge in [-0.25, -0.2) is 8.78 Å². The van der Waals surface area contributed by atoms with E-state index in [2.05, 4.69) is 31.7 Å². The summed E-state index contributed by atoms with van der Waals surface area (Å²) in [5.74, 6) is -1.63. The van der Waals surface area contributed by atoms with Crippen LogP contribution in [0.15, 0.2) is 30.3 Å². The second-order valence-electron chi connectivity index (χ2n) is 11.5. The van der Waals surface area contributed by atoms with Crippen molar-refractivity contribution in [3.05, 3.63) is 69.2 Å². The third-order valence-electron chi connectivity index (χ3n) is 8.01. The van der Waals surface area contributed by atoms with Gasteiger partial charge in [-0.1, -0.05) is 23.7 Å². The van der Waals surface area contributed by atoms with Crippen molar-refractivity contribution in [1.82, 2.24) is 9.80 Å². The fourth-order valence-corrected chi connectivity index (χ4v) is 5.97. The number of amides is 1. The monoisotopic (exact) mass is 518 g/mol. The zero-order valence-corrected chi connectivity index (χ0v) is 22.6. The molecule has 4 nitrogen and oxygen atoms in total. The summed E-state index contributed by atoms with van der Waals surface area (Å²) in [6.45, 7) is 12.3. The minimum Gasteiger partial charge on any atom is -0.389 e. The van der Waals surface area contributed by atoms with Crippen molar-refractivity contribution in [1.29, 1.82) is 0 Å². The maximum absolute atomic E-state index is 14.8. The summed E-state index contributed by atoms with van der Waals surface area (Å²) in [6.07, 6.45) is 0.960. The van der Waals surface area contributed by atoms with Gasteiger partial charge >= 0.3 is 0 Å². The van der Waals surface area contributed by atoms with Crippen molar-refractivity contribution >= 4 is 17.5 Å². The van der Waals surface area contributed by atoms with Gasteiger partial charge in [0.15, 0.2) is 0 Å². The van der Waals surface area contributed by atoms with Gasteiger partial charge in [-0.2, -0.15) is 0 Å². The van der Waals surface area contributed by atoms with Crippen LogP contribution >= 0.6 is 11.6 Å². The second-order valence-corrected chi connectivity index (χ2v) is 11.9. The minimum absolute atomic E-state index is 0.0389. The zero-order chi connectivity index (χ0) is 26.4. The lowest BCUT2D eigenvalue weighted by molar-refractivity contribution is -0.136. The van der Waals surface area contributed by atoms with E-state index in [4.69, 9.17) is 11.6 Å². The number of likely N-dealkylation sites (tertiary alicyclic amines) is 2. The summed E-state index contributed by atoms with van der Waals surface area (Å²) in [6, 6.07) is 7.61. The Labute approximate surface area is 218 Å². The van der Waals surface area contributed by atoms with Gasteiger partial charge in [-0.05, 0) is 87.8 Å². The molecule has 2 aromatic rings. The summed E-state index contributed by atoms with van der Waals surface area (Å²) in [5, 5.41) is 11.0. The Hall–Kier alpha value is -2.02. The molecule has 0 aliphatic carbocycles. The molecule has 2 aliphatic heterocycles. The SMILES string of the molecule is Cc1cc(C2CCN(C(=O)C3CN(C(C)(C)C)C[C@H]3c3ccc(F)cc3F)CC2)c([C@@H](C)O)cc1Cl. The number of carbonyl (C=O) groups excluding carboxylic acids is 1. The van der Waals surface area contributed by atoms with Crippen molar-refractivity contribution in [2.24, 2.45) is 5.92 Å². The smallest absolute Gasteiger partial charge is 0.227 e. The zero-order valence-electron chi connectivity index (χ0n) is 21.8. The van der Waals surface area contributed by atoms with Crippen molar-refractivity contribution in [3.8, 4) is 0 Å². The molecule has 4 rings (SSSR count). The molecule has 2 saturated heterocycles. The highest BCUT2D eigenvalue weighted by atomic mass is 35.5. The molecular formula is C29H37ClF2N2O2. The maximum atomic E-state index is 14.8. The lowest BCUT2D eigenvalue weighted by Crippen LogP contribution is -2.44. The van der Waals surface area contributed by atoms with Crippen molar-refractivity contribution < 1.29 is 18.7 Å². The highest BCUT2D eigenvalue weighted by Gasteiger charge is 2.44. The van der Waals surface area contributed by atoms with Crippen molar-refractivity contribution in [2.75, 3.05) is 26.2 Å². The van der Waals surface area contributed by atoms with E-state index in [0.717, 1.165) is 35.6 Å². The van der Waals surface area contributed by atoms with E-state index < -0.39 is 17.7 Å². The second kappa shape index (κ2) is 10.4. The predicted octanol–water partition coefficient (Wildman–Crippen LogP) is 6.20. The number of hydrogen-bond donors (Lipinski definition) is 1. The Bertz CT molecular complexity index is 1120. The lowest BCUT2D eigenvalue weighted by Gasteiger charge is -2.36. The first kappa shape index (κ1) is 27.0. The van der Waals surface area contributed by atoms with Gasteiger partial charge in [0, 0.05) is 48.7 Å². The molecule has 196 valence electrons. The van der Waals surface area contributed by atoms with Crippen LogP contribution in [-0.4, -0.2) is 52.5 Å². The number of aryl methyl sites for hydroxylation is 1. The van der Waals surface area contributed by atoms with E-state index >= 15 is 0 Å². The van der Waals surface area contributed by atoms with Crippen molar-refractivity contribution in [2.45, 2.75) is 70.9 Å². The van der Waals surface area contributed by atoms with Crippen LogP contribution in [-0.2, 0) is 4.79 Å². The Morgan fingerprint density at radius 1 is 1.08 bits per heavy atom. The maximum Gasteiger partial charge on any atom is 0.227 e. The first-order valence-electron chi connectivity index (χ1n) is 12.8. The van der Waals surface area contributed by atoms with Gasteiger partial charge in [-0.15, -0.1) is 0 Å². The molecule has 2 aliphatic rings. The number of rotatable bonds is 4. The van der Waals surface area contributed by atoms with Gasteiger partial charge in [0.05, 0.1) is 12.0 Å². The Morgan fingerprint density at radius 2 is 1.75 bits per heavy atom. The molecule has 2 heterocycles. The van der Waals surface area contributed by atoms with E-state index in [9.17, 15) is 18.7 Å². The third kappa shape index (κ3) is 5.46. The van der Waals surface area contributed by atoms with Crippen LogP contribution in [0.1, 0.15) is 80.7 Å². The van der Waals surface area contributed by atoms with Crippen LogP contribution < -0.4 is 0 Å². The van der Waals surface area contributed by atoms with Crippen LogP contribution in [0.3, 0.4) is 0 Å². The number of nitrogens with zero attached hydrogens (tertiary/aromatic N) is 2. The molecule has 36 heavy (non-hydrogen) atoms. The number of halogens is 3. The number of benzene rings is 2. The highest BCUT2D eigenvalue weighted by Crippen LogP contribution is 2.40. The van der Waals surface area contributed by atoms with Crippen LogP contribution in [0.2, 0.25) is 5.02 Å². The molecule has 0 radical (unpaired) electrons. The molecular weight excluding hydrogens is 482 g/mol. The molecule has 0 saturated carbocycles. The van der Waals surface area contributed by atoms with E-state index in [1.54, 1.807) is 6.92 Å². The summed E-state index contributed by atoms with van der Waals surface area (Å²) >= 11 is 6.32. The summed E-state index contributed by atoms with van der Waals surface area (Å²) in [7, 11) is 0. The number of piperidine rings is 1. The quantitative estimate of drug-likeness (QED) is 0.524. The number of hydrogen-bond acceptors (Lipinski definition) is 3. The molecule has 0 aromatic heterocycles. The van der Waals surface area contributed by atoms with Gasteiger partial charge in [0.25, 0.3) is 0 Å². The summed E-state index contributed by atoms with van der Waals surface area (Å²) < 4.78 is 28.4. The molecule has 1 unspecified atom stereocenters. The fourth-order valence-electron chi connectivity index (χ4n) is 5.80. The number of aliphatic hydroxyl groups excluding tert-OH is 1. The molecule has 7 heteroatoms. The fraction of sp³-hybridized carbons (Fsp3) is 0.552. The van der Waals surface area contributed by atoms with E-state index in [-0.39, 0.29) is 29.2 Å². The van der Waals surface area contributed by atoms with Crippen LogP contribution in [0.5, 0.6) is 0 Å². The van der Waals surface area contributed by atoms with Gasteiger partial charge < -0.3 is 10.0 Å². The standard InChI is InChI=1S/C29H37ClF2N2O2/c1-17-12-23(22(18(2)35)14-26(17)30)19-8-10-33(11-9-19)28(36)25-16-34(29(3,4)5)15-24(25)21-7-6-20(31)13-27(21)32/h6-7,12-14,18-19,24-25,35H,8-11,15-16H2,1-5H3/t18-,24+,25?/m1/s1. The first-order valence-corrected chi connectivity index (χ1v) is 13.2. The summed E-state index contributed by atoms with van der Waals surface area (Å²) in [4.78, 5) is 17.9. The Morgan fingerprint density at radius 3 is 2.33 bits per heavy atom. The van der Waals surface area contributed by atoms with Gasteiger partial charge in [0.2, 0.25) is 5.91 Å². The van der Waals surface area contributed by atoms with Crippen LogP contribution in [0.4, 0.5) is 8.78 Å². The van der Waals surface area contributed by atoms with Gasteiger partial charge in [0.1, 0.15) is 11.6 Å². The van der Waals surface area contributed by atoms with E-state index in [1.807, 2.05) is 17.9 Å². The molecule has 2 aromatic carbocycles. The van der Waals surface area contributed by atoms with Crippen LogP contribution in [0.25, 0.3) is 0 Å². The Balaban J connectivity index is 1.53. The molecule has 1 N–H and O–H groups in total. The average Bonchev–Trinajstić information content (AvgIpc) is 3.26. The predicted molar refractivity (Wildman–Crippen MR) is 139 cm³/mol. The Kier molecular flexibility index (Phi) is 7.80. The molecule has 2 fully saturated rings. The average molecular weight is 519 g/mol. The minimum atomic E-state index is -0.619. The molecule has 1 amide bonds. The molecule has 0 bridgehead atoms. The third-order valence-corrected chi connectivity index (χ3v) is 8.42. The largest absolute Gasteiger partial charge is 0.389 e.